The zero-order valence-corrected chi connectivity index (χ0v) is 5.74. The number of hydrogen-bond acceptors (Lipinski definition) is 3. The van der Waals surface area contributed by atoms with Crippen LogP contribution in [-0.4, -0.2) is 12.2 Å². The van der Waals surface area contributed by atoms with Gasteiger partial charge in [0.05, 0.1) is 0 Å². The number of nitrogens with one attached hydrogen (secondary N) is 2. The van der Waals surface area contributed by atoms with Gasteiger partial charge >= 0.3 is 0 Å². The molecule has 0 atom stereocenters. The van der Waals surface area contributed by atoms with Gasteiger partial charge in [0.2, 0.25) is 0 Å². The Balaban J connectivity index is 0. The van der Waals surface area contributed by atoms with Crippen molar-refractivity contribution < 1.29 is 0 Å². The van der Waals surface area contributed by atoms with Crippen LogP contribution in [0.25, 0.3) is 0 Å². The molecule has 0 aromatic rings. The van der Waals surface area contributed by atoms with E-state index in [2.05, 4.69) is 17.9 Å². The minimum atomic E-state index is 0.199. The SMILES string of the molecule is CNC(=N)S.N#CC#N. The smallest absolute Gasteiger partial charge is 0.181 e. The van der Waals surface area contributed by atoms with Gasteiger partial charge in [-0.2, -0.15) is 10.5 Å². The van der Waals surface area contributed by atoms with Gasteiger partial charge in [0.1, 0.15) is 5.17 Å². The van der Waals surface area contributed by atoms with Crippen molar-refractivity contribution in [3.05, 3.63) is 0 Å². The largest absolute Gasteiger partial charge is 0.368 e. The first kappa shape index (κ1) is 10.7. The Morgan fingerprint density at radius 1 is 1.56 bits per heavy atom. The molecule has 0 heterocycles. The average Bonchev–Trinajstić information content (AvgIpc) is 1.89. The van der Waals surface area contributed by atoms with E-state index in [4.69, 9.17) is 15.9 Å². The van der Waals surface area contributed by atoms with Gasteiger partial charge in [-0.3, -0.25) is 5.41 Å². The molecule has 0 aliphatic rings. The fourth-order valence-electron chi connectivity index (χ4n) is 0. The second kappa shape index (κ2) is 9.93. The Hall–Kier alpha value is -1.20. The van der Waals surface area contributed by atoms with E-state index in [1.807, 2.05) is 0 Å². The predicted molar refractivity (Wildman–Crippen MR) is 37.0 cm³/mol. The Morgan fingerprint density at radius 3 is 1.78 bits per heavy atom. The van der Waals surface area contributed by atoms with Gasteiger partial charge in [0, 0.05) is 7.05 Å². The van der Waals surface area contributed by atoms with Crippen LogP contribution in [0.2, 0.25) is 0 Å². The second-order valence-corrected chi connectivity index (χ2v) is 1.27. The highest BCUT2D eigenvalue weighted by atomic mass is 32.1. The molecule has 0 aromatic carbocycles. The fourth-order valence-corrected chi connectivity index (χ4v) is 0. The highest BCUT2D eigenvalue weighted by Gasteiger charge is 1.67. The third-order valence-corrected chi connectivity index (χ3v) is 0.510. The first-order valence-corrected chi connectivity index (χ1v) is 2.37. The van der Waals surface area contributed by atoms with Crippen molar-refractivity contribution in [3.8, 4) is 12.1 Å². The average molecular weight is 142 g/mol. The van der Waals surface area contributed by atoms with Crippen LogP contribution in [0.3, 0.4) is 0 Å². The first-order valence-electron chi connectivity index (χ1n) is 1.92. The molecule has 5 heteroatoms. The first-order chi connectivity index (χ1) is 4.18. The maximum atomic E-state index is 7.26. The molecule has 0 rings (SSSR count). The summed E-state index contributed by atoms with van der Waals surface area (Å²) in [6, 6.07) is 2.47. The normalized spacial score (nSPS) is 4.89. The van der Waals surface area contributed by atoms with Crippen LogP contribution < -0.4 is 5.32 Å². The number of thiol groups is 1. The van der Waals surface area contributed by atoms with Gasteiger partial charge in [0.25, 0.3) is 0 Å². The van der Waals surface area contributed by atoms with E-state index in [1.54, 1.807) is 7.05 Å². The van der Waals surface area contributed by atoms with Crippen LogP contribution in [0.15, 0.2) is 0 Å². The van der Waals surface area contributed by atoms with Crippen molar-refractivity contribution >= 4 is 17.8 Å². The van der Waals surface area contributed by atoms with Crippen molar-refractivity contribution in [1.82, 2.24) is 5.32 Å². The molecule has 0 aromatic heterocycles. The van der Waals surface area contributed by atoms with Gasteiger partial charge in [-0.1, -0.05) is 0 Å². The summed E-state index contributed by atoms with van der Waals surface area (Å²) in [7, 11) is 1.65. The van der Waals surface area contributed by atoms with E-state index in [0.717, 1.165) is 0 Å². The quantitative estimate of drug-likeness (QED) is 0.255. The van der Waals surface area contributed by atoms with E-state index in [1.165, 1.54) is 12.1 Å². The molecule has 0 saturated carbocycles. The number of amidine groups is 1. The molecule has 0 unspecified atom stereocenters. The van der Waals surface area contributed by atoms with Crippen molar-refractivity contribution in [2.24, 2.45) is 0 Å². The molecule has 0 radical (unpaired) electrons. The van der Waals surface area contributed by atoms with Crippen molar-refractivity contribution in [2.45, 2.75) is 0 Å². The maximum absolute atomic E-state index is 7.26. The molecule has 0 aliphatic carbocycles. The summed E-state index contributed by atoms with van der Waals surface area (Å²) in [4.78, 5) is 0. The third-order valence-electron chi connectivity index (χ3n) is 0.287. The van der Waals surface area contributed by atoms with Gasteiger partial charge < -0.3 is 5.32 Å². The number of rotatable bonds is 0. The summed E-state index contributed by atoms with van der Waals surface area (Å²) in [5.74, 6) is 0. The molecular weight excluding hydrogens is 136 g/mol. The molecule has 2 N–H and O–H groups in total. The highest BCUT2D eigenvalue weighted by molar-refractivity contribution is 7.96. The number of nitriles is 2. The zero-order valence-electron chi connectivity index (χ0n) is 4.84. The van der Waals surface area contributed by atoms with E-state index >= 15 is 0 Å². The van der Waals surface area contributed by atoms with Crippen LogP contribution in [-0.2, 0) is 0 Å². The lowest BCUT2D eigenvalue weighted by atomic mass is 10.9. The molecule has 0 bridgehead atoms. The van der Waals surface area contributed by atoms with Crippen LogP contribution >= 0.6 is 12.6 Å². The van der Waals surface area contributed by atoms with E-state index in [9.17, 15) is 0 Å². The molecular formula is C4H6N4S. The van der Waals surface area contributed by atoms with Crippen LogP contribution in [0.1, 0.15) is 0 Å². The second-order valence-electron chi connectivity index (χ2n) is 0.822. The number of nitrogens with zero attached hydrogens (tertiary/aromatic N) is 2. The van der Waals surface area contributed by atoms with Gasteiger partial charge in [-0.05, 0) is 0 Å². The van der Waals surface area contributed by atoms with E-state index in [0.29, 0.717) is 0 Å². The Kier molecular flexibility index (Phi) is 11.8. The Labute approximate surface area is 59.0 Å². The lowest BCUT2D eigenvalue weighted by Gasteiger charge is -1.83. The summed E-state index contributed by atoms with van der Waals surface area (Å²) in [5.41, 5.74) is 0. The monoisotopic (exact) mass is 142 g/mol. The van der Waals surface area contributed by atoms with Gasteiger partial charge in [0.15, 0.2) is 12.1 Å². The van der Waals surface area contributed by atoms with Crippen molar-refractivity contribution in [3.63, 3.8) is 0 Å². The molecule has 0 fully saturated rings. The van der Waals surface area contributed by atoms with Crippen molar-refractivity contribution in [1.29, 1.82) is 15.9 Å². The molecule has 0 amide bonds. The van der Waals surface area contributed by atoms with Crippen LogP contribution in [0.4, 0.5) is 0 Å². The Morgan fingerprint density at radius 2 is 1.78 bits per heavy atom. The lowest BCUT2D eigenvalue weighted by molar-refractivity contribution is 1.18. The van der Waals surface area contributed by atoms with Gasteiger partial charge in [-0.15, -0.1) is 12.6 Å². The zero-order chi connectivity index (χ0) is 7.70. The summed E-state index contributed by atoms with van der Waals surface area (Å²) in [6.07, 6.45) is 0. The molecule has 4 nitrogen and oxygen atoms in total. The van der Waals surface area contributed by atoms with Crippen LogP contribution in [0, 0.1) is 28.1 Å². The molecule has 48 valence electrons. The van der Waals surface area contributed by atoms with Crippen LogP contribution in [0.5, 0.6) is 0 Å². The predicted octanol–water partition coefficient (Wildman–Crippen LogP) is 0.104. The minimum absolute atomic E-state index is 0.199. The topological polar surface area (TPSA) is 83.5 Å². The fraction of sp³-hybridized carbons (Fsp3) is 0.250. The molecule has 0 aliphatic heterocycles. The van der Waals surface area contributed by atoms with Crippen molar-refractivity contribution in [2.75, 3.05) is 7.05 Å². The summed E-state index contributed by atoms with van der Waals surface area (Å²) in [5, 5.41) is 23.7. The maximum Gasteiger partial charge on any atom is 0.181 e. The summed E-state index contributed by atoms with van der Waals surface area (Å²) < 4.78 is 0. The third kappa shape index (κ3) is 48.4. The number of hydrogen-bond donors (Lipinski definition) is 3. The van der Waals surface area contributed by atoms with Gasteiger partial charge in [-0.25, -0.2) is 0 Å². The summed E-state index contributed by atoms with van der Waals surface area (Å²) >= 11 is 3.57. The standard InChI is InChI=1S/C2H6N2S.C2N2/c1-4-2(3)5;3-1-2-4/h1H3,(H3,3,4,5);. The molecule has 9 heavy (non-hydrogen) atoms. The molecule has 0 spiro atoms. The highest BCUT2D eigenvalue weighted by Crippen LogP contribution is 1.63. The summed E-state index contributed by atoms with van der Waals surface area (Å²) in [6.45, 7) is 0. The Bertz CT molecular complexity index is 139. The minimum Gasteiger partial charge on any atom is -0.368 e. The van der Waals surface area contributed by atoms with E-state index < -0.39 is 0 Å². The lowest BCUT2D eigenvalue weighted by Crippen LogP contribution is -2.08. The van der Waals surface area contributed by atoms with E-state index in [-0.39, 0.29) is 5.17 Å². The molecule has 0 saturated heterocycles.